The van der Waals surface area contributed by atoms with Gasteiger partial charge in [0.1, 0.15) is 11.3 Å². The summed E-state index contributed by atoms with van der Waals surface area (Å²) in [5, 5.41) is 1.49. The third-order valence-electron chi connectivity index (χ3n) is 3.43. The van der Waals surface area contributed by atoms with E-state index >= 15 is 0 Å². The highest BCUT2D eigenvalue weighted by atomic mass is 35.5. The summed E-state index contributed by atoms with van der Waals surface area (Å²) in [6, 6.07) is 5.38. The summed E-state index contributed by atoms with van der Waals surface area (Å²) in [4.78, 5) is 26.4. The summed E-state index contributed by atoms with van der Waals surface area (Å²) in [5.74, 6) is -0.790. The molecule has 0 amide bonds. The predicted molar refractivity (Wildman–Crippen MR) is 98.0 cm³/mol. The summed E-state index contributed by atoms with van der Waals surface area (Å²) in [6.45, 7) is 5.48. The van der Waals surface area contributed by atoms with Gasteiger partial charge in [0.25, 0.3) is 0 Å². The number of aromatic nitrogens is 1. The largest absolute Gasteiger partial charge is 0.464 e. The number of esters is 2. The molecule has 0 spiro atoms. The number of ether oxygens (including phenoxy) is 2. The molecule has 0 aliphatic carbocycles. The highest BCUT2D eigenvalue weighted by Gasteiger charge is 2.14. The van der Waals surface area contributed by atoms with E-state index in [1.807, 2.05) is 26.8 Å². The maximum Gasteiger partial charge on any atom is 0.354 e. The fourth-order valence-electron chi connectivity index (χ4n) is 2.45. The second-order valence-electron chi connectivity index (χ2n) is 6.68. The molecule has 1 N–H and O–H groups in total. The Morgan fingerprint density at radius 1 is 1.24 bits per heavy atom. The number of carbonyl (C=O) groups is 2. The van der Waals surface area contributed by atoms with Crippen LogP contribution < -0.4 is 0 Å². The molecule has 1 aromatic carbocycles. The van der Waals surface area contributed by atoms with Crippen LogP contribution in [0.4, 0.5) is 0 Å². The van der Waals surface area contributed by atoms with Crippen molar-refractivity contribution < 1.29 is 19.1 Å². The first-order valence-corrected chi connectivity index (χ1v) is 8.36. The number of fused-ring (bicyclic) bond motifs is 1. The molecule has 6 heteroatoms. The first kappa shape index (κ1) is 19.1. The van der Waals surface area contributed by atoms with Gasteiger partial charge in [0, 0.05) is 22.0 Å². The van der Waals surface area contributed by atoms with Crippen LogP contribution in [0.1, 0.15) is 43.2 Å². The minimum Gasteiger partial charge on any atom is -0.464 e. The number of aromatic amines is 1. The van der Waals surface area contributed by atoms with E-state index in [1.165, 1.54) is 13.2 Å². The molecule has 0 saturated carbocycles. The Hall–Kier alpha value is -2.27. The van der Waals surface area contributed by atoms with E-state index in [4.69, 9.17) is 21.1 Å². The molecule has 0 atom stereocenters. The zero-order chi connectivity index (χ0) is 18.6. The normalized spacial score (nSPS) is 11.9. The van der Waals surface area contributed by atoms with Crippen LogP contribution in [0.25, 0.3) is 10.9 Å². The van der Waals surface area contributed by atoms with Crippen LogP contribution in [-0.4, -0.2) is 29.6 Å². The third kappa shape index (κ3) is 5.36. The summed E-state index contributed by atoms with van der Waals surface area (Å²) < 4.78 is 9.95. The molecular weight excluding hydrogens is 342 g/mol. The smallest absolute Gasteiger partial charge is 0.354 e. The number of aryl methyl sites for hydroxylation is 1. The number of halogens is 1. The number of nitrogens with one attached hydrogen (secondary N) is 1. The lowest BCUT2D eigenvalue weighted by molar-refractivity contribution is -0.148. The summed E-state index contributed by atoms with van der Waals surface area (Å²) in [7, 11) is 1.34. The van der Waals surface area contributed by atoms with E-state index in [1.54, 1.807) is 18.2 Å². The molecule has 1 aromatic heterocycles. The average molecular weight is 364 g/mol. The molecule has 0 saturated heterocycles. The highest BCUT2D eigenvalue weighted by Crippen LogP contribution is 2.26. The van der Waals surface area contributed by atoms with Crippen LogP contribution in [0, 0.1) is 0 Å². The highest BCUT2D eigenvalue weighted by molar-refractivity contribution is 6.31. The topological polar surface area (TPSA) is 68.4 Å². The summed E-state index contributed by atoms with van der Waals surface area (Å²) in [5.41, 5.74) is 1.64. The van der Waals surface area contributed by atoms with Crippen molar-refractivity contribution in [2.24, 2.45) is 0 Å². The van der Waals surface area contributed by atoms with E-state index in [-0.39, 0.29) is 5.97 Å². The van der Waals surface area contributed by atoms with Gasteiger partial charge in [-0.3, -0.25) is 0 Å². The van der Waals surface area contributed by atoms with Gasteiger partial charge >= 0.3 is 11.9 Å². The van der Waals surface area contributed by atoms with Crippen molar-refractivity contribution in [3.63, 3.8) is 0 Å². The Labute approximate surface area is 152 Å². The van der Waals surface area contributed by atoms with Crippen molar-refractivity contribution >= 4 is 34.4 Å². The number of allylic oxidation sites excluding steroid dienone is 1. The fraction of sp³-hybridized carbons (Fsp3) is 0.368. The van der Waals surface area contributed by atoms with Gasteiger partial charge in [-0.2, -0.15) is 0 Å². The second kappa shape index (κ2) is 7.74. The Kier molecular flexibility index (Phi) is 5.90. The number of hydrogen-bond donors (Lipinski definition) is 1. The van der Waals surface area contributed by atoms with E-state index in [9.17, 15) is 9.59 Å². The second-order valence-corrected chi connectivity index (χ2v) is 7.11. The number of H-pyrrole nitrogens is 1. The molecule has 0 unspecified atom stereocenters. The predicted octanol–water partition coefficient (Wildman–Crippen LogP) is 4.44. The lowest BCUT2D eigenvalue weighted by Gasteiger charge is -2.17. The molecule has 1 heterocycles. The van der Waals surface area contributed by atoms with Crippen LogP contribution >= 0.6 is 11.6 Å². The lowest BCUT2D eigenvalue weighted by Crippen LogP contribution is -2.22. The SMILES string of the molecule is COC(=O)c1cc2c(CCC=CC(=O)OC(C)(C)C)cc(Cl)cc2[nH]1. The van der Waals surface area contributed by atoms with Crippen molar-refractivity contribution in [3.05, 3.63) is 46.6 Å². The van der Waals surface area contributed by atoms with Gasteiger partial charge in [-0.05, 0) is 57.4 Å². The van der Waals surface area contributed by atoms with Crippen LogP contribution in [0.15, 0.2) is 30.4 Å². The molecule has 5 nitrogen and oxygen atoms in total. The maximum absolute atomic E-state index is 11.7. The zero-order valence-corrected chi connectivity index (χ0v) is 15.6. The number of benzene rings is 1. The summed E-state index contributed by atoms with van der Waals surface area (Å²) >= 11 is 6.15. The molecular formula is C19H22ClNO4. The van der Waals surface area contributed by atoms with E-state index in [0.717, 1.165) is 16.5 Å². The quantitative estimate of drug-likeness (QED) is 0.630. The molecule has 2 aromatic rings. The van der Waals surface area contributed by atoms with E-state index in [2.05, 4.69) is 4.98 Å². The first-order chi connectivity index (χ1) is 11.7. The molecule has 0 radical (unpaired) electrons. The molecule has 0 aliphatic rings. The number of methoxy groups -OCH3 is 1. The molecule has 25 heavy (non-hydrogen) atoms. The monoisotopic (exact) mass is 363 g/mol. The Balaban J connectivity index is 2.11. The minimum atomic E-state index is -0.504. The molecule has 134 valence electrons. The number of rotatable bonds is 5. The van der Waals surface area contributed by atoms with Gasteiger partial charge in [-0.25, -0.2) is 9.59 Å². The van der Waals surface area contributed by atoms with E-state index in [0.29, 0.717) is 23.6 Å². The van der Waals surface area contributed by atoms with Crippen molar-refractivity contribution in [3.8, 4) is 0 Å². The van der Waals surface area contributed by atoms with Crippen LogP contribution in [-0.2, 0) is 20.7 Å². The number of hydrogen-bond acceptors (Lipinski definition) is 4. The molecule has 2 rings (SSSR count). The van der Waals surface area contributed by atoms with Crippen LogP contribution in [0.3, 0.4) is 0 Å². The van der Waals surface area contributed by atoms with Crippen LogP contribution in [0.2, 0.25) is 5.02 Å². The van der Waals surface area contributed by atoms with Crippen molar-refractivity contribution in [1.82, 2.24) is 4.98 Å². The third-order valence-corrected chi connectivity index (χ3v) is 3.65. The summed E-state index contributed by atoms with van der Waals surface area (Å²) in [6.07, 6.45) is 4.53. The Bertz CT molecular complexity index is 815. The fourth-order valence-corrected chi connectivity index (χ4v) is 2.70. The Morgan fingerprint density at radius 3 is 2.60 bits per heavy atom. The first-order valence-electron chi connectivity index (χ1n) is 7.98. The average Bonchev–Trinajstić information content (AvgIpc) is 2.92. The zero-order valence-electron chi connectivity index (χ0n) is 14.8. The van der Waals surface area contributed by atoms with Gasteiger partial charge in [-0.15, -0.1) is 0 Å². The van der Waals surface area contributed by atoms with Crippen LogP contribution in [0.5, 0.6) is 0 Å². The Morgan fingerprint density at radius 2 is 1.96 bits per heavy atom. The van der Waals surface area contributed by atoms with Crippen molar-refractivity contribution in [1.29, 1.82) is 0 Å². The van der Waals surface area contributed by atoms with Crippen molar-refractivity contribution in [2.75, 3.05) is 7.11 Å². The van der Waals surface area contributed by atoms with Gasteiger partial charge < -0.3 is 14.5 Å². The molecule has 0 bridgehead atoms. The molecule has 0 aliphatic heterocycles. The minimum absolute atomic E-state index is 0.363. The standard InChI is InChI=1S/C19H22ClNO4/c1-19(2,3)25-17(22)8-6-5-7-12-9-13(20)10-15-14(12)11-16(21-15)18(23)24-4/h6,8-11,21H,5,7H2,1-4H3. The van der Waals surface area contributed by atoms with E-state index < -0.39 is 11.6 Å². The van der Waals surface area contributed by atoms with Crippen molar-refractivity contribution in [2.45, 2.75) is 39.2 Å². The van der Waals surface area contributed by atoms with Gasteiger partial charge in [0.05, 0.1) is 7.11 Å². The maximum atomic E-state index is 11.7. The lowest BCUT2D eigenvalue weighted by atomic mass is 10.0. The van der Waals surface area contributed by atoms with Gasteiger partial charge in [0.2, 0.25) is 0 Å². The van der Waals surface area contributed by atoms with Gasteiger partial charge in [-0.1, -0.05) is 17.7 Å². The number of carbonyl (C=O) groups excluding carboxylic acids is 2. The van der Waals surface area contributed by atoms with Gasteiger partial charge in [0.15, 0.2) is 0 Å². The molecule has 0 fully saturated rings.